The quantitative estimate of drug-likeness (QED) is 0.848. The van der Waals surface area contributed by atoms with Gasteiger partial charge in [0.15, 0.2) is 5.78 Å². The maximum absolute atomic E-state index is 13.6. The van der Waals surface area contributed by atoms with Crippen molar-refractivity contribution < 1.29 is 18.0 Å². The lowest BCUT2D eigenvalue weighted by atomic mass is 10.1. The fourth-order valence-electron chi connectivity index (χ4n) is 1.58. The van der Waals surface area contributed by atoms with Crippen LogP contribution in [0.5, 0.6) is 0 Å². The van der Waals surface area contributed by atoms with E-state index in [1.54, 1.807) is 0 Å². The van der Waals surface area contributed by atoms with Crippen LogP contribution in [0.4, 0.5) is 24.5 Å². The van der Waals surface area contributed by atoms with Gasteiger partial charge >= 0.3 is 0 Å². The zero-order chi connectivity index (χ0) is 14.0. The summed E-state index contributed by atoms with van der Waals surface area (Å²) in [5, 5.41) is 2.49. The Morgan fingerprint density at radius 2 is 1.68 bits per heavy atom. The van der Waals surface area contributed by atoms with E-state index in [1.165, 1.54) is 19.1 Å². The summed E-state index contributed by atoms with van der Waals surface area (Å²) in [4.78, 5) is 11.2. The summed E-state index contributed by atoms with van der Waals surface area (Å²) < 4.78 is 39.7. The van der Waals surface area contributed by atoms with Crippen molar-refractivity contribution >= 4 is 17.2 Å². The highest BCUT2D eigenvalue weighted by Gasteiger charge is 2.09. The molecule has 0 atom stereocenters. The lowest BCUT2D eigenvalue weighted by Gasteiger charge is -2.09. The monoisotopic (exact) mass is 265 g/mol. The Morgan fingerprint density at radius 3 is 2.32 bits per heavy atom. The molecule has 0 bridgehead atoms. The second-order valence-electron chi connectivity index (χ2n) is 4.00. The minimum atomic E-state index is -0.840. The van der Waals surface area contributed by atoms with Gasteiger partial charge in [0.05, 0.1) is 11.4 Å². The Kier molecular flexibility index (Phi) is 3.55. The SMILES string of the molecule is CC(=O)c1ccc(F)c(Nc2ccc(F)cc2F)c1. The largest absolute Gasteiger partial charge is 0.351 e. The second kappa shape index (κ2) is 5.14. The van der Waals surface area contributed by atoms with Gasteiger partial charge in [-0.3, -0.25) is 4.79 Å². The molecular weight excluding hydrogens is 255 g/mol. The Morgan fingerprint density at radius 1 is 0.947 bits per heavy atom. The van der Waals surface area contributed by atoms with Crippen LogP contribution in [0.2, 0.25) is 0 Å². The molecule has 5 heteroatoms. The van der Waals surface area contributed by atoms with Crippen molar-refractivity contribution in [3.63, 3.8) is 0 Å². The Labute approximate surface area is 107 Å². The zero-order valence-corrected chi connectivity index (χ0v) is 10.0. The van der Waals surface area contributed by atoms with Crippen LogP contribution in [-0.2, 0) is 0 Å². The molecule has 0 fully saturated rings. The number of carbonyl (C=O) groups excluding carboxylic acids is 1. The van der Waals surface area contributed by atoms with Crippen LogP contribution in [0, 0.1) is 17.5 Å². The summed E-state index contributed by atoms with van der Waals surface area (Å²) in [6.07, 6.45) is 0. The van der Waals surface area contributed by atoms with E-state index in [-0.39, 0.29) is 17.2 Å². The van der Waals surface area contributed by atoms with Gasteiger partial charge in [-0.15, -0.1) is 0 Å². The third kappa shape index (κ3) is 2.93. The molecule has 19 heavy (non-hydrogen) atoms. The van der Waals surface area contributed by atoms with E-state index in [0.29, 0.717) is 11.6 Å². The highest BCUT2D eigenvalue weighted by molar-refractivity contribution is 5.95. The van der Waals surface area contributed by atoms with Gasteiger partial charge in [-0.25, -0.2) is 13.2 Å². The number of hydrogen-bond acceptors (Lipinski definition) is 2. The molecule has 2 nitrogen and oxygen atoms in total. The molecule has 0 radical (unpaired) electrons. The first-order valence-electron chi connectivity index (χ1n) is 5.50. The predicted octanol–water partition coefficient (Wildman–Crippen LogP) is 4.05. The van der Waals surface area contributed by atoms with Crippen LogP contribution in [-0.4, -0.2) is 5.78 Å². The Balaban J connectivity index is 2.37. The number of halogens is 3. The summed E-state index contributed by atoms with van der Waals surface area (Å²) in [6.45, 7) is 1.34. The molecule has 0 saturated carbocycles. The first-order valence-corrected chi connectivity index (χ1v) is 5.50. The zero-order valence-electron chi connectivity index (χ0n) is 10.0. The topological polar surface area (TPSA) is 29.1 Å². The number of nitrogens with one attached hydrogen (secondary N) is 1. The van der Waals surface area contributed by atoms with Gasteiger partial charge in [-0.2, -0.15) is 0 Å². The molecule has 0 unspecified atom stereocenters. The summed E-state index contributed by atoms with van der Waals surface area (Å²) in [7, 11) is 0. The lowest BCUT2D eigenvalue weighted by molar-refractivity contribution is 0.101. The smallest absolute Gasteiger partial charge is 0.159 e. The molecule has 2 rings (SSSR count). The number of benzene rings is 2. The number of anilines is 2. The minimum absolute atomic E-state index is 0.0433. The summed E-state index contributed by atoms with van der Waals surface area (Å²) >= 11 is 0. The van der Waals surface area contributed by atoms with Gasteiger partial charge in [0.25, 0.3) is 0 Å². The number of hydrogen-bond donors (Lipinski definition) is 1. The van der Waals surface area contributed by atoms with Gasteiger partial charge in [-0.05, 0) is 37.3 Å². The lowest BCUT2D eigenvalue weighted by Crippen LogP contribution is -2.00. The van der Waals surface area contributed by atoms with Crippen molar-refractivity contribution in [3.05, 3.63) is 59.4 Å². The van der Waals surface area contributed by atoms with Crippen molar-refractivity contribution in [2.24, 2.45) is 0 Å². The summed E-state index contributed by atoms with van der Waals surface area (Å²) in [6, 6.07) is 6.63. The molecule has 0 spiro atoms. The van der Waals surface area contributed by atoms with Crippen molar-refractivity contribution in [3.8, 4) is 0 Å². The summed E-state index contributed by atoms with van der Waals surface area (Å²) in [5.41, 5.74) is 0.186. The molecule has 0 aliphatic carbocycles. The molecule has 0 aliphatic heterocycles. The normalized spacial score (nSPS) is 10.3. The predicted molar refractivity (Wildman–Crippen MR) is 66.0 cm³/mol. The van der Waals surface area contributed by atoms with Crippen LogP contribution in [0.25, 0.3) is 0 Å². The molecule has 0 heterocycles. The third-order valence-corrected chi connectivity index (χ3v) is 2.57. The van der Waals surface area contributed by atoms with E-state index < -0.39 is 17.5 Å². The van der Waals surface area contributed by atoms with Crippen LogP contribution in [0.1, 0.15) is 17.3 Å². The molecule has 0 saturated heterocycles. The van der Waals surface area contributed by atoms with Crippen LogP contribution < -0.4 is 5.32 Å². The van der Waals surface area contributed by atoms with Gasteiger partial charge in [-0.1, -0.05) is 0 Å². The van der Waals surface area contributed by atoms with Gasteiger partial charge in [0.1, 0.15) is 17.5 Å². The van der Waals surface area contributed by atoms with Crippen molar-refractivity contribution in [2.75, 3.05) is 5.32 Å². The molecule has 0 aliphatic rings. The molecule has 0 amide bonds. The average molecular weight is 265 g/mol. The van der Waals surface area contributed by atoms with E-state index in [0.717, 1.165) is 18.2 Å². The molecule has 2 aromatic rings. The fraction of sp³-hybridized carbons (Fsp3) is 0.0714. The Bertz CT molecular complexity index is 641. The second-order valence-corrected chi connectivity index (χ2v) is 4.00. The van der Waals surface area contributed by atoms with Crippen molar-refractivity contribution in [1.82, 2.24) is 0 Å². The fourth-order valence-corrected chi connectivity index (χ4v) is 1.58. The first-order chi connectivity index (χ1) is 8.97. The van der Waals surface area contributed by atoms with E-state index in [1.807, 2.05) is 0 Å². The molecular formula is C14H10F3NO. The number of rotatable bonds is 3. The third-order valence-electron chi connectivity index (χ3n) is 2.57. The molecule has 1 N–H and O–H groups in total. The van der Waals surface area contributed by atoms with E-state index >= 15 is 0 Å². The van der Waals surface area contributed by atoms with Gasteiger partial charge in [0.2, 0.25) is 0 Å². The number of Topliss-reactive ketones (excluding diaryl/α,β-unsaturated/α-hetero) is 1. The average Bonchev–Trinajstić information content (AvgIpc) is 2.34. The highest BCUT2D eigenvalue weighted by Crippen LogP contribution is 2.24. The first kappa shape index (κ1) is 13.1. The van der Waals surface area contributed by atoms with Crippen LogP contribution in [0.3, 0.4) is 0 Å². The number of ketones is 1. The van der Waals surface area contributed by atoms with Crippen LogP contribution in [0.15, 0.2) is 36.4 Å². The standard InChI is InChI=1S/C14H10F3NO/c1-8(19)9-2-4-11(16)14(6-9)18-13-5-3-10(15)7-12(13)17/h2-7,18H,1H3. The maximum atomic E-state index is 13.6. The van der Waals surface area contributed by atoms with E-state index in [2.05, 4.69) is 5.32 Å². The summed E-state index contributed by atoms with van der Waals surface area (Å²) in [5.74, 6) is -2.43. The van der Waals surface area contributed by atoms with E-state index in [4.69, 9.17) is 0 Å². The maximum Gasteiger partial charge on any atom is 0.159 e. The van der Waals surface area contributed by atoms with Gasteiger partial charge in [0, 0.05) is 11.6 Å². The molecule has 0 aromatic heterocycles. The van der Waals surface area contributed by atoms with E-state index in [9.17, 15) is 18.0 Å². The van der Waals surface area contributed by atoms with Crippen molar-refractivity contribution in [1.29, 1.82) is 0 Å². The van der Waals surface area contributed by atoms with Crippen LogP contribution >= 0.6 is 0 Å². The Hall–Kier alpha value is -2.30. The van der Waals surface area contributed by atoms with Crippen molar-refractivity contribution in [2.45, 2.75) is 6.92 Å². The molecule has 2 aromatic carbocycles. The highest BCUT2D eigenvalue weighted by atomic mass is 19.1. The molecule has 98 valence electrons. The minimum Gasteiger partial charge on any atom is -0.351 e. The number of carbonyl (C=O) groups is 1. The van der Waals surface area contributed by atoms with Gasteiger partial charge < -0.3 is 5.32 Å².